The van der Waals surface area contributed by atoms with Gasteiger partial charge in [0.25, 0.3) is 0 Å². The van der Waals surface area contributed by atoms with Gasteiger partial charge < -0.3 is 15.4 Å². The zero-order chi connectivity index (χ0) is 14.6. The van der Waals surface area contributed by atoms with Crippen molar-refractivity contribution in [2.75, 3.05) is 5.73 Å². The van der Waals surface area contributed by atoms with Crippen molar-refractivity contribution in [1.29, 1.82) is 0 Å². The molecular weight excluding hydrogens is 269 g/mol. The molecule has 0 bridgehead atoms. The molecule has 1 aliphatic rings. The van der Waals surface area contributed by atoms with Gasteiger partial charge in [-0.1, -0.05) is 0 Å². The fourth-order valence-electron chi connectivity index (χ4n) is 2.67. The standard InChI is InChI=1S/C16H14FN3O/c17-10-2-5-14-13(8-10)19-16(20(14)11-3-4-11)9-1-6-15(21)12(18)7-9/h1-2,5-8,11,21H,3-4,18H2. The van der Waals surface area contributed by atoms with Crippen LogP contribution in [0.2, 0.25) is 0 Å². The van der Waals surface area contributed by atoms with E-state index in [0.29, 0.717) is 17.2 Å². The Morgan fingerprint density at radius 1 is 1.19 bits per heavy atom. The summed E-state index contributed by atoms with van der Waals surface area (Å²) in [6.45, 7) is 0. The lowest BCUT2D eigenvalue weighted by Gasteiger charge is -2.08. The van der Waals surface area contributed by atoms with E-state index >= 15 is 0 Å². The normalized spacial score (nSPS) is 14.7. The Labute approximate surface area is 120 Å². The third kappa shape index (κ3) is 1.93. The number of nitrogens with two attached hydrogens (primary N) is 1. The molecule has 0 atom stereocenters. The largest absolute Gasteiger partial charge is 0.506 e. The summed E-state index contributed by atoms with van der Waals surface area (Å²) < 4.78 is 15.6. The van der Waals surface area contributed by atoms with Crippen LogP contribution in [0.15, 0.2) is 36.4 Å². The summed E-state index contributed by atoms with van der Waals surface area (Å²) in [6, 6.07) is 10.1. The highest BCUT2D eigenvalue weighted by atomic mass is 19.1. The first-order valence-corrected chi connectivity index (χ1v) is 6.90. The molecule has 0 radical (unpaired) electrons. The van der Waals surface area contributed by atoms with Gasteiger partial charge in [0.1, 0.15) is 17.4 Å². The average molecular weight is 283 g/mol. The minimum Gasteiger partial charge on any atom is -0.506 e. The second-order valence-corrected chi connectivity index (χ2v) is 5.44. The number of benzene rings is 2. The molecule has 21 heavy (non-hydrogen) atoms. The molecule has 0 aliphatic heterocycles. The third-order valence-electron chi connectivity index (χ3n) is 3.85. The molecule has 4 nitrogen and oxygen atoms in total. The Morgan fingerprint density at radius 3 is 2.71 bits per heavy atom. The number of aromatic hydroxyl groups is 1. The highest BCUT2D eigenvalue weighted by molar-refractivity contribution is 5.82. The number of hydrogen-bond acceptors (Lipinski definition) is 3. The van der Waals surface area contributed by atoms with Crippen LogP contribution < -0.4 is 5.73 Å². The van der Waals surface area contributed by atoms with Gasteiger partial charge in [-0.3, -0.25) is 0 Å². The van der Waals surface area contributed by atoms with E-state index in [1.807, 2.05) is 0 Å². The van der Waals surface area contributed by atoms with Crippen molar-refractivity contribution in [3.05, 3.63) is 42.2 Å². The van der Waals surface area contributed by atoms with Gasteiger partial charge in [-0.2, -0.15) is 0 Å². The van der Waals surface area contributed by atoms with Crippen LogP contribution in [0.5, 0.6) is 5.75 Å². The number of imidazole rings is 1. The maximum Gasteiger partial charge on any atom is 0.141 e. The van der Waals surface area contributed by atoms with Crippen LogP contribution >= 0.6 is 0 Å². The minimum atomic E-state index is -0.292. The topological polar surface area (TPSA) is 64.1 Å². The molecular formula is C16H14FN3O. The van der Waals surface area contributed by atoms with E-state index in [-0.39, 0.29) is 11.6 Å². The molecule has 2 aromatic carbocycles. The first-order chi connectivity index (χ1) is 10.1. The summed E-state index contributed by atoms with van der Waals surface area (Å²) in [5, 5.41) is 9.56. The van der Waals surface area contributed by atoms with Crippen molar-refractivity contribution in [2.24, 2.45) is 0 Å². The number of phenols is 1. The Morgan fingerprint density at radius 2 is 2.00 bits per heavy atom. The van der Waals surface area contributed by atoms with Crippen molar-refractivity contribution < 1.29 is 9.50 Å². The summed E-state index contributed by atoms with van der Waals surface area (Å²) >= 11 is 0. The van der Waals surface area contributed by atoms with Crippen LogP contribution in [-0.2, 0) is 0 Å². The number of hydrogen-bond donors (Lipinski definition) is 2. The molecule has 1 fully saturated rings. The van der Waals surface area contributed by atoms with Crippen LogP contribution in [0.4, 0.5) is 10.1 Å². The summed E-state index contributed by atoms with van der Waals surface area (Å²) in [4.78, 5) is 4.56. The zero-order valence-corrected chi connectivity index (χ0v) is 11.3. The maximum absolute atomic E-state index is 13.4. The van der Waals surface area contributed by atoms with Crippen LogP contribution in [-0.4, -0.2) is 14.7 Å². The van der Waals surface area contributed by atoms with Gasteiger partial charge in [-0.05, 0) is 43.2 Å². The molecule has 4 rings (SSSR count). The molecule has 1 aromatic heterocycles. The van der Waals surface area contributed by atoms with E-state index in [4.69, 9.17) is 5.73 Å². The van der Waals surface area contributed by atoms with Crippen molar-refractivity contribution in [3.63, 3.8) is 0 Å². The molecule has 0 amide bonds. The smallest absolute Gasteiger partial charge is 0.141 e. The second-order valence-electron chi connectivity index (χ2n) is 5.44. The van der Waals surface area contributed by atoms with Gasteiger partial charge in [0.2, 0.25) is 0 Å². The van der Waals surface area contributed by atoms with Gasteiger partial charge in [-0.25, -0.2) is 9.37 Å². The fourth-order valence-corrected chi connectivity index (χ4v) is 2.67. The number of fused-ring (bicyclic) bond motifs is 1. The molecule has 1 aliphatic carbocycles. The molecule has 3 aromatic rings. The van der Waals surface area contributed by atoms with Gasteiger partial charge >= 0.3 is 0 Å². The van der Waals surface area contributed by atoms with Crippen molar-refractivity contribution in [3.8, 4) is 17.1 Å². The Kier molecular flexibility index (Phi) is 2.45. The number of rotatable bonds is 2. The quantitative estimate of drug-likeness (QED) is 0.559. The third-order valence-corrected chi connectivity index (χ3v) is 3.85. The van der Waals surface area contributed by atoms with Crippen molar-refractivity contribution in [1.82, 2.24) is 9.55 Å². The molecule has 0 saturated heterocycles. The Hall–Kier alpha value is -2.56. The second kappa shape index (κ2) is 4.22. The number of nitrogens with zero attached hydrogens (tertiary/aromatic N) is 2. The molecule has 3 N–H and O–H groups in total. The van der Waals surface area contributed by atoms with E-state index in [2.05, 4.69) is 9.55 Å². The minimum absolute atomic E-state index is 0.0545. The van der Waals surface area contributed by atoms with Crippen LogP contribution in [0, 0.1) is 5.82 Å². The van der Waals surface area contributed by atoms with Gasteiger partial charge in [0.15, 0.2) is 0 Å². The van der Waals surface area contributed by atoms with Gasteiger partial charge in [-0.15, -0.1) is 0 Å². The monoisotopic (exact) mass is 283 g/mol. The number of aromatic nitrogens is 2. The number of halogens is 1. The van der Waals surface area contributed by atoms with E-state index < -0.39 is 0 Å². The van der Waals surface area contributed by atoms with Gasteiger partial charge in [0.05, 0.1) is 16.7 Å². The summed E-state index contributed by atoms with van der Waals surface area (Å²) in [5.41, 5.74) is 8.48. The van der Waals surface area contributed by atoms with Crippen molar-refractivity contribution >= 4 is 16.7 Å². The lowest BCUT2D eigenvalue weighted by Crippen LogP contribution is -1.98. The Balaban J connectivity index is 1.98. The number of anilines is 1. The SMILES string of the molecule is Nc1cc(-c2nc3cc(F)ccc3n2C2CC2)ccc1O. The Bertz CT molecular complexity index is 852. The molecule has 1 saturated carbocycles. The van der Waals surface area contributed by atoms with Gasteiger partial charge in [0, 0.05) is 17.7 Å². The molecule has 0 spiro atoms. The van der Waals surface area contributed by atoms with E-state index in [1.54, 1.807) is 24.3 Å². The lowest BCUT2D eigenvalue weighted by molar-refractivity contribution is 0.478. The predicted molar refractivity (Wildman–Crippen MR) is 79.5 cm³/mol. The van der Waals surface area contributed by atoms with Crippen LogP contribution in [0.3, 0.4) is 0 Å². The van der Waals surface area contributed by atoms with E-state index in [0.717, 1.165) is 29.7 Å². The number of nitrogen functional groups attached to an aromatic ring is 1. The highest BCUT2D eigenvalue weighted by Crippen LogP contribution is 2.41. The average Bonchev–Trinajstić information content (AvgIpc) is 3.22. The molecule has 0 unspecified atom stereocenters. The first-order valence-electron chi connectivity index (χ1n) is 6.90. The summed E-state index contributed by atoms with van der Waals surface area (Å²) in [5.74, 6) is 0.531. The predicted octanol–water partition coefficient (Wildman–Crippen LogP) is 3.47. The fraction of sp³-hybridized carbons (Fsp3) is 0.188. The zero-order valence-electron chi connectivity index (χ0n) is 11.3. The summed E-state index contributed by atoms with van der Waals surface area (Å²) in [7, 11) is 0. The van der Waals surface area contributed by atoms with Crippen LogP contribution in [0.25, 0.3) is 22.4 Å². The first kappa shape index (κ1) is 12.2. The van der Waals surface area contributed by atoms with E-state index in [9.17, 15) is 9.50 Å². The molecule has 5 heteroatoms. The van der Waals surface area contributed by atoms with E-state index in [1.165, 1.54) is 12.1 Å². The molecule has 1 heterocycles. The lowest BCUT2D eigenvalue weighted by atomic mass is 10.1. The highest BCUT2D eigenvalue weighted by Gasteiger charge is 2.28. The summed E-state index contributed by atoms with van der Waals surface area (Å²) in [6.07, 6.45) is 2.20. The molecule has 106 valence electrons. The number of phenolic OH excluding ortho intramolecular Hbond substituents is 1. The maximum atomic E-state index is 13.4. The van der Waals surface area contributed by atoms with Crippen LogP contribution in [0.1, 0.15) is 18.9 Å². The van der Waals surface area contributed by atoms with Crippen molar-refractivity contribution in [2.45, 2.75) is 18.9 Å².